The molecule has 0 aromatic carbocycles. The normalized spacial score (nSPS) is 31.3. The van der Waals surface area contributed by atoms with Crippen LogP contribution in [-0.4, -0.2) is 49.6 Å². The maximum Gasteiger partial charge on any atom is 0.307 e. The molecule has 0 saturated carbocycles. The first-order valence-electron chi connectivity index (χ1n) is 7.15. The van der Waals surface area contributed by atoms with E-state index in [0.717, 1.165) is 45.3 Å². The highest BCUT2D eigenvalue weighted by molar-refractivity contribution is 5.84. The van der Waals surface area contributed by atoms with Gasteiger partial charge in [-0.2, -0.15) is 0 Å². The number of methoxy groups -OCH3 is 1. The first-order valence-corrected chi connectivity index (χ1v) is 7.15. The minimum Gasteiger partial charge on any atom is -0.469 e. The highest BCUT2D eigenvalue weighted by Gasteiger charge is 2.42. The van der Waals surface area contributed by atoms with Crippen molar-refractivity contribution in [2.24, 2.45) is 5.41 Å². The molecule has 0 bridgehead atoms. The molecule has 2 rings (SSSR count). The number of hydrogen-bond acceptors (Lipinski definition) is 4. The molecule has 0 radical (unpaired) electrons. The largest absolute Gasteiger partial charge is 0.469 e. The molecule has 108 valence electrons. The Hall–Kier alpha value is -1.10. The fourth-order valence-corrected chi connectivity index (χ4v) is 3.10. The zero-order valence-electron chi connectivity index (χ0n) is 11.9. The summed E-state index contributed by atoms with van der Waals surface area (Å²) in [5.74, 6) is -0.0227. The number of carbonyl (C=O) groups excluding carboxylic acids is 2. The van der Waals surface area contributed by atoms with E-state index in [-0.39, 0.29) is 23.3 Å². The quantitative estimate of drug-likeness (QED) is 0.774. The highest BCUT2D eigenvalue weighted by atomic mass is 16.5. The van der Waals surface area contributed by atoms with Crippen LogP contribution in [0.5, 0.6) is 0 Å². The molecule has 1 N–H and O–H groups in total. The molecule has 2 aliphatic heterocycles. The van der Waals surface area contributed by atoms with Gasteiger partial charge in [0, 0.05) is 19.1 Å². The van der Waals surface area contributed by atoms with E-state index in [0.29, 0.717) is 6.42 Å². The summed E-state index contributed by atoms with van der Waals surface area (Å²) in [6.45, 7) is 4.44. The van der Waals surface area contributed by atoms with Gasteiger partial charge < -0.3 is 15.0 Å². The lowest BCUT2D eigenvalue weighted by Crippen LogP contribution is -2.51. The Morgan fingerprint density at radius 3 is 2.84 bits per heavy atom. The Morgan fingerprint density at radius 2 is 2.21 bits per heavy atom. The fraction of sp³-hybridized carbons (Fsp3) is 0.857. The molecule has 19 heavy (non-hydrogen) atoms. The predicted molar refractivity (Wildman–Crippen MR) is 71.6 cm³/mol. The van der Waals surface area contributed by atoms with E-state index in [1.54, 1.807) is 0 Å². The number of likely N-dealkylation sites (tertiary alicyclic amines) is 1. The minimum absolute atomic E-state index is 0.0196. The van der Waals surface area contributed by atoms with Gasteiger partial charge in [-0.15, -0.1) is 0 Å². The summed E-state index contributed by atoms with van der Waals surface area (Å²) in [6, 6.07) is 0.0196. The molecular weight excluding hydrogens is 244 g/mol. The van der Waals surface area contributed by atoms with Crippen LogP contribution in [0.1, 0.15) is 39.0 Å². The molecule has 2 unspecified atom stereocenters. The van der Waals surface area contributed by atoms with Gasteiger partial charge in [0.2, 0.25) is 5.91 Å². The molecular formula is C14H24N2O3. The van der Waals surface area contributed by atoms with Crippen LogP contribution in [0.3, 0.4) is 0 Å². The molecule has 5 heteroatoms. The third-order valence-corrected chi connectivity index (χ3v) is 4.40. The van der Waals surface area contributed by atoms with E-state index >= 15 is 0 Å². The molecule has 0 aliphatic carbocycles. The maximum absolute atomic E-state index is 12.7. The number of nitrogens with zero attached hydrogens (tertiary/aromatic N) is 1. The van der Waals surface area contributed by atoms with Crippen molar-refractivity contribution in [1.82, 2.24) is 10.2 Å². The number of carbonyl (C=O) groups is 2. The molecule has 2 fully saturated rings. The van der Waals surface area contributed by atoms with Crippen LogP contribution in [0.15, 0.2) is 0 Å². The first-order chi connectivity index (χ1) is 9.07. The van der Waals surface area contributed by atoms with Gasteiger partial charge in [-0.05, 0) is 39.2 Å². The molecule has 2 aliphatic rings. The lowest BCUT2D eigenvalue weighted by Gasteiger charge is -2.39. The van der Waals surface area contributed by atoms with Crippen LogP contribution >= 0.6 is 0 Å². The van der Waals surface area contributed by atoms with Crippen LogP contribution in [0.2, 0.25) is 0 Å². The topological polar surface area (TPSA) is 58.6 Å². The molecule has 0 aromatic heterocycles. The Labute approximate surface area is 114 Å². The lowest BCUT2D eigenvalue weighted by molar-refractivity contribution is -0.148. The molecule has 2 atom stereocenters. The molecule has 5 nitrogen and oxygen atoms in total. The number of ether oxygens (including phenoxy) is 1. The fourth-order valence-electron chi connectivity index (χ4n) is 3.10. The molecule has 2 saturated heterocycles. The van der Waals surface area contributed by atoms with E-state index < -0.39 is 0 Å². The number of hydrogen-bond donors (Lipinski definition) is 1. The first kappa shape index (κ1) is 14.3. The average Bonchev–Trinajstić information content (AvgIpc) is 2.86. The Morgan fingerprint density at radius 1 is 1.42 bits per heavy atom. The Bertz CT molecular complexity index is 351. The summed E-state index contributed by atoms with van der Waals surface area (Å²) in [6.07, 6.45) is 4.23. The van der Waals surface area contributed by atoms with Crippen molar-refractivity contribution in [2.45, 2.75) is 45.1 Å². The zero-order chi connectivity index (χ0) is 13.9. The van der Waals surface area contributed by atoms with Gasteiger partial charge in [0.05, 0.1) is 18.9 Å². The zero-order valence-corrected chi connectivity index (χ0v) is 11.9. The summed E-state index contributed by atoms with van der Waals surface area (Å²) < 4.78 is 4.74. The second-order valence-corrected chi connectivity index (χ2v) is 5.92. The Kier molecular flexibility index (Phi) is 4.45. The van der Waals surface area contributed by atoms with E-state index in [2.05, 4.69) is 5.32 Å². The third kappa shape index (κ3) is 3.08. The van der Waals surface area contributed by atoms with Crippen LogP contribution in [0, 0.1) is 5.41 Å². The molecule has 1 amide bonds. The summed E-state index contributed by atoms with van der Waals surface area (Å²) >= 11 is 0. The monoisotopic (exact) mass is 268 g/mol. The van der Waals surface area contributed by atoms with Gasteiger partial charge in [-0.3, -0.25) is 9.59 Å². The standard InChI is InChI=1S/C14H24N2O3/c1-14(6-7-15-10-14)13(18)16-8-4-3-5-11(16)9-12(17)19-2/h11,15H,3-10H2,1-2H3. The average molecular weight is 268 g/mol. The third-order valence-electron chi connectivity index (χ3n) is 4.40. The second kappa shape index (κ2) is 5.90. The van der Waals surface area contributed by atoms with Crippen molar-refractivity contribution < 1.29 is 14.3 Å². The SMILES string of the molecule is COC(=O)CC1CCCCN1C(=O)C1(C)CCNC1. The second-order valence-electron chi connectivity index (χ2n) is 5.92. The van der Waals surface area contributed by atoms with Crippen LogP contribution in [0.25, 0.3) is 0 Å². The van der Waals surface area contributed by atoms with Crippen LogP contribution in [0.4, 0.5) is 0 Å². The van der Waals surface area contributed by atoms with Gasteiger partial charge in [0.1, 0.15) is 0 Å². The number of piperidine rings is 1. The van der Waals surface area contributed by atoms with Crippen molar-refractivity contribution in [3.05, 3.63) is 0 Å². The summed E-state index contributed by atoms with van der Waals surface area (Å²) in [7, 11) is 1.40. The van der Waals surface area contributed by atoms with E-state index in [9.17, 15) is 9.59 Å². The number of esters is 1. The van der Waals surface area contributed by atoms with E-state index in [4.69, 9.17) is 4.74 Å². The van der Waals surface area contributed by atoms with Gasteiger partial charge in [-0.1, -0.05) is 0 Å². The minimum atomic E-state index is -0.300. The number of rotatable bonds is 3. The number of amides is 1. The van der Waals surface area contributed by atoms with Crippen molar-refractivity contribution in [1.29, 1.82) is 0 Å². The smallest absolute Gasteiger partial charge is 0.307 e. The van der Waals surface area contributed by atoms with Gasteiger partial charge in [0.25, 0.3) is 0 Å². The van der Waals surface area contributed by atoms with Gasteiger partial charge in [0.15, 0.2) is 0 Å². The van der Waals surface area contributed by atoms with Crippen molar-refractivity contribution in [3.8, 4) is 0 Å². The summed E-state index contributed by atoms with van der Waals surface area (Å²) in [4.78, 5) is 26.1. The van der Waals surface area contributed by atoms with Crippen LogP contribution < -0.4 is 5.32 Å². The van der Waals surface area contributed by atoms with Crippen molar-refractivity contribution in [2.75, 3.05) is 26.7 Å². The van der Waals surface area contributed by atoms with E-state index in [1.165, 1.54) is 7.11 Å². The Balaban J connectivity index is 2.06. The lowest BCUT2D eigenvalue weighted by atomic mass is 9.86. The maximum atomic E-state index is 12.7. The van der Waals surface area contributed by atoms with Gasteiger partial charge in [-0.25, -0.2) is 0 Å². The van der Waals surface area contributed by atoms with Crippen molar-refractivity contribution in [3.63, 3.8) is 0 Å². The molecule has 0 aromatic rings. The van der Waals surface area contributed by atoms with Crippen LogP contribution in [-0.2, 0) is 14.3 Å². The van der Waals surface area contributed by atoms with Crippen molar-refractivity contribution >= 4 is 11.9 Å². The van der Waals surface area contributed by atoms with Gasteiger partial charge >= 0.3 is 5.97 Å². The summed E-state index contributed by atoms with van der Waals surface area (Å²) in [5, 5.41) is 3.26. The predicted octanol–water partition coefficient (Wildman–Crippen LogP) is 0.930. The highest BCUT2D eigenvalue weighted by Crippen LogP contribution is 2.31. The molecule has 0 spiro atoms. The molecule has 2 heterocycles. The number of nitrogens with one attached hydrogen (secondary N) is 1. The summed E-state index contributed by atoms with van der Waals surface area (Å²) in [5.41, 5.74) is -0.300. The van der Waals surface area contributed by atoms with E-state index in [1.807, 2.05) is 11.8 Å².